The maximum absolute atomic E-state index is 11.9. The van der Waals surface area contributed by atoms with Gasteiger partial charge in [0.1, 0.15) is 0 Å². The molecule has 1 aliphatic rings. The normalized spacial score (nSPS) is 13.5. The molecular formula is C16H22N4O2S. The van der Waals surface area contributed by atoms with Crippen molar-refractivity contribution in [2.45, 2.75) is 26.2 Å². The van der Waals surface area contributed by atoms with E-state index in [1.54, 1.807) is 12.1 Å². The van der Waals surface area contributed by atoms with E-state index < -0.39 is 0 Å². The van der Waals surface area contributed by atoms with Gasteiger partial charge in [0.15, 0.2) is 5.11 Å². The number of hydrogen-bond acceptors (Lipinski definition) is 3. The highest BCUT2D eigenvalue weighted by molar-refractivity contribution is 7.80. The van der Waals surface area contributed by atoms with Gasteiger partial charge in [-0.15, -0.1) is 0 Å². The summed E-state index contributed by atoms with van der Waals surface area (Å²) in [5.41, 5.74) is 1.56. The zero-order valence-electron chi connectivity index (χ0n) is 13.2. The fourth-order valence-corrected chi connectivity index (χ4v) is 2.64. The fraction of sp³-hybridized carbons (Fsp3) is 0.438. The van der Waals surface area contributed by atoms with Gasteiger partial charge < -0.3 is 20.9 Å². The van der Waals surface area contributed by atoms with Crippen molar-refractivity contribution in [3.8, 4) is 0 Å². The lowest BCUT2D eigenvalue weighted by Crippen LogP contribution is -2.34. The first-order valence-corrected chi connectivity index (χ1v) is 8.16. The number of benzene rings is 1. The molecule has 2 amide bonds. The maximum Gasteiger partial charge on any atom is 0.224 e. The first-order valence-electron chi connectivity index (χ1n) is 7.75. The van der Waals surface area contributed by atoms with Crippen molar-refractivity contribution in [2.75, 3.05) is 30.3 Å². The predicted molar refractivity (Wildman–Crippen MR) is 95.4 cm³/mol. The molecule has 0 radical (unpaired) electrons. The van der Waals surface area contributed by atoms with Gasteiger partial charge in [-0.1, -0.05) is 0 Å². The lowest BCUT2D eigenvalue weighted by Gasteiger charge is -2.16. The molecule has 0 aromatic heterocycles. The summed E-state index contributed by atoms with van der Waals surface area (Å²) in [5.74, 6) is 0.0722. The van der Waals surface area contributed by atoms with Gasteiger partial charge in [0.25, 0.3) is 0 Å². The van der Waals surface area contributed by atoms with Crippen molar-refractivity contribution in [1.82, 2.24) is 10.2 Å². The van der Waals surface area contributed by atoms with E-state index in [0.717, 1.165) is 37.3 Å². The van der Waals surface area contributed by atoms with E-state index in [2.05, 4.69) is 16.0 Å². The van der Waals surface area contributed by atoms with Gasteiger partial charge >= 0.3 is 0 Å². The second-order valence-corrected chi connectivity index (χ2v) is 5.89. The van der Waals surface area contributed by atoms with Crippen LogP contribution in [0.15, 0.2) is 24.3 Å². The number of nitrogens with zero attached hydrogens (tertiary/aromatic N) is 1. The Kier molecular flexibility index (Phi) is 6.34. The zero-order chi connectivity index (χ0) is 16.7. The molecule has 124 valence electrons. The molecule has 1 aromatic rings. The number of amides is 2. The molecule has 7 heteroatoms. The number of hydrogen-bond donors (Lipinski definition) is 3. The van der Waals surface area contributed by atoms with E-state index in [1.165, 1.54) is 6.92 Å². The van der Waals surface area contributed by atoms with Crippen LogP contribution in [0.4, 0.5) is 11.4 Å². The van der Waals surface area contributed by atoms with Crippen molar-refractivity contribution in [1.29, 1.82) is 0 Å². The van der Waals surface area contributed by atoms with E-state index >= 15 is 0 Å². The summed E-state index contributed by atoms with van der Waals surface area (Å²) in [7, 11) is 0. The highest BCUT2D eigenvalue weighted by Gasteiger charge is 2.17. The van der Waals surface area contributed by atoms with E-state index in [-0.39, 0.29) is 11.8 Å². The monoisotopic (exact) mass is 334 g/mol. The molecule has 0 bridgehead atoms. The fourth-order valence-electron chi connectivity index (χ4n) is 2.42. The Balaban J connectivity index is 1.69. The molecule has 0 aliphatic carbocycles. The van der Waals surface area contributed by atoms with Gasteiger partial charge in [0.2, 0.25) is 11.8 Å². The molecule has 0 unspecified atom stereocenters. The lowest BCUT2D eigenvalue weighted by atomic mass is 10.3. The van der Waals surface area contributed by atoms with Crippen LogP contribution in [0, 0.1) is 0 Å². The Bertz CT molecular complexity index is 568. The molecular weight excluding hydrogens is 312 g/mol. The Morgan fingerprint density at radius 2 is 1.65 bits per heavy atom. The number of anilines is 2. The molecule has 3 N–H and O–H groups in total. The summed E-state index contributed by atoms with van der Waals surface area (Å²) < 4.78 is 0. The van der Waals surface area contributed by atoms with Crippen LogP contribution in [0.2, 0.25) is 0 Å². The van der Waals surface area contributed by atoms with Gasteiger partial charge in [0, 0.05) is 44.4 Å². The second-order valence-electron chi connectivity index (χ2n) is 5.48. The van der Waals surface area contributed by atoms with Crippen molar-refractivity contribution in [3.05, 3.63) is 24.3 Å². The first-order chi connectivity index (χ1) is 11.0. The molecule has 2 rings (SSSR count). The Labute approximate surface area is 141 Å². The van der Waals surface area contributed by atoms with Gasteiger partial charge in [-0.2, -0.15) is 0 Å². The van der Waals surface area contributed by atoms with E-state index in [4.69, 9.17) is 12.2 Å². The molecule has 1 fully saturated rings. The molecule has 1 saturated heterocycles. The standard InChI is InChI=1S/C16H22N4O2S/c1-12(21)18-13-4-6-14(7-5-13)19-16(23)17-9-8-15(22)20-10-2-3-11-20/h4-7H,2-3,8-11H2,1H3,(H,18,21)(H2,17,19,23). The van der Waals surface area contributed by atoms with Crippen LogP contribution in [-0.2, 0) is 9.59 Å². The van der Waals surface area contributed by atoms with Gasteiger partial charge in [-0.25, -0.2) is 0 Å². The second kappa shape index (κ2) is 8.47. The van der Waals surface area contributed by atoms with Crippen LogP contribution in [0.25, 0.3) is 0 Å². The smallest absolute Gasteiger partial charge is 0.224 e. The maximum atomic E-state index is 11.9. The number of thiocarbonyl (C=S) groups is 1. The third kappa shape index (κ3) is 5.86. The minimum absolute atomic E-state index is 0.106. The van der Waals surface area contributed by atoms with Crippen LogP contribution in [-0.4, -0.2) is 41.5 Å². The van der Waals surface area contributed by atoms with Crippen LogP contribution in [0.3, 0.4) is 0 Å². The minimum atomic E-state index is -0.106. The summed E-state index contributed by atoms with van der Waals surface area (Å²) in [6, 6.07) is 7.25. The largest absolute Gasteiger partial charge is 0.362 e. The lowest BCUT2D eigenvalue weighted by molar-refractivity contribution is -0.129. The third-order valence-corrected chi connectivity index (χ3v) is 3.79. The third-order valence-electron chi connectivity index (χ3n) is 3.55. The summed E-state index contributed by atoms with van der Waals surface area (Å²) in [6.45, 7) is 3.74. The molecule has 1 aromatic carbocycles. The van der Waals surface area contributed by atoms with Crippen LogP contribution < -0.4 is 16.0 Å². The zero-order valence-corrected chi connectivity index (χ0v) is 14.0. The molecule has 0 atom stereocenters. The SMILES string of the molecule is CC(=O)Nc1ccc(NC(=S)NCCC(=O)N2CCCC2)cc1. The van der Waals surface area contributed by atoms with E-state index in [0.29, 0.717) is 18.1 Å². The average molecular weight is 334 g/mol. The van der Waals surface area contributed by atoms with Crippen LogP contribution in [0.5, 0.6) is 0 Å². The summed E-state index contributed by atoms with van der Waals surface area (Å²) >= 11 is 5.21. The number of rotatable bonds is 5. The number of carbonyl (C=O) groups is 2. The highest BCUT2D eigenvalue weighted by Crippen LogP contribution is 2.13. The Hall–Kier alpha value is -2.15. The summed E-state index contributed by atoms with van der Waals surface area (Å²) in [6.07, 6.45) is 2.66. The van der Waals surface area contributed by atoms with E-state index in [1.807, 2.05) is 17.0 Å². The molecule has 0 saturated carbocycles. The van der Waals surface area contributed by atoms with E-state index in [9.17, 15) is 9.59 Å². The number of likely N-dealkylation sites (tertiary alicyclic amines) is 1. The van der Waals surface area contributed by atoms with Gasteiger partial charge in [0.05, 0.1) is 0 Å². The van der Waals surface area contributed by atoms with Crippen molar-refractivity contribution >= 4 is 40.5 Å². The topological polar surface area (TPSA) is 73.5 Å². The summed E-state index contributed by atoms with van der Waals surface area (Å²) in [4.78, 5) is 24.8. The number of nitrogens with one attached hydrogen (secondary N) is 3. The highest BCUT2D eigenvalue weighted by atomic mass is 32.1. The van der Waals surface area contributed by atoms with Crippen LogP contribution >= 0.6 is 12.2 Å². The molecule has 0 spiro atoms. The van der Waals surface area contributed by atoms with Crippen molar-refractivity contribution < 1.29 is 9.59 Å². The molecule has 6 nitrogen and oxygen atoms in total. The Morgan fingerprint density at radius 1 is 1.09 bits per heavy atom. The quantitative estimate of drug-likeness (QED) is 0.718. The van der Waals surface area contributed by atoms with Crippen LogP contribution in [0.1, 0.15) is 26.2 Å². The number of carbonyl (C=O) groups excluding carboxylic acids is 2. The van der Waals surface area contributed by atoms with Crippen molar-refractivity contribution in [2.24, 2.45) is 0 Å². The Morgan fingerprint density at radius 3 is 2.22 bits per heavy atom. The predicted octanol–water partition coefficient (Wildman–Crippen LogP) is 1.94. The summed E-state index contributed by atoms with van der Waals surface area (Å²) in [5, 5.41) is 9.26. The van der Waals surface area contributed by atoms with Crippen molar-refractivity contribution in [3.63, 3.8) is 0 Å². The average Bonchev–Trinajstić information content (AvgIpc) is 3.03. The molecule has 1 heterocycles. The molecule has 1 aliphatic heterocycles. The van der Waals surface area contributed by atoms with Gasteiger partial charge in [-0.3, -0.25) is 9.59 Å². The van der Waals surface area contributed by atoms with Gasteiger partial charge in [-0.05, 0) is 49.3 Å². The first kappa shape index (κ1) is 17.2. The minimum Gasteiger partial charge on any atom is -0.362 e. The molecule has 23 heavy (non-hydrogen) atoms.